The molecule has 0 spiro atoms. The largest absolute Gasteiger partial charge is 0.481 e. The van der Waals surface area contributed by atoms with Gasteiger partial charge in [-0.25, -0.2) is 5.01 Å². The lowest BCUT2D eigenvalue weighted by Gasteiger charge is -2.29. The number of methoxy groups -OCH3 is 1. The minimum absolute atomic E-state index is 0.0815. The number of hydrogen-bond acceptors (Lipinski definition) is 4. The lowest BCUT2D eigenvalue weighted by molar-refractivity contribution is -0.141. The van der Waals surface area contributed by atoms with Gasteiger partial charge in [-0.2, -0.15) is 27.9 Å². The van der Waals surface area contributed by atoms with E-state index in [1.807, 2.05) is 13.8 Å². The van der Waals surface area contributed by atoms with Crippen LogP contribution in [0.4, 0.5) is 13.2 Å². The quantitative estimate of drug-likeness (QED) is 0.453. The molecule has 1 amide bonds. The summed E-state index contributed by atoms with van der Waals surface area (Å²) >= 11 is 2.25. The summed E-state index contributed by atoms with van der Waals surface area (Å²) in [7, 11) is 1.37. The minimum Gasteiger partial charge on any atom is -0.481 e. The number of nitrogens with zero attached hydrogens (tertiary/aromatic N) is 4. The molecule has 0 bridgehead atoms. The van der Waals surface area contributed by atoms with Gasteiger partial charge in [0.05, 0.1) is 18.3 Å². The highest BCUT2D eigenvalue weighted by molar-refractivity contribution is 14.1. The third-order valence-electron chi connectivity index (χ3n) is 4.57. The molecule has 0 N–H and O–H groups in total. The summed E-state index contributed by atoms with van der Waals surface area (Å²) in [6.07, 6.45) is -4.32. The van der Waals surface area contributed by atoms with Crippen LogP contribution in [0, 0.1) is 11.8 Å². The van der Waals surface area contributed by atoms with E-state index < -0.39 is 11.9 Å². The number of fused-ring (bicyclic) bond motifs is 1. The zero-order valence-corrected chi connectivity index (χ0v) is 17.8. The molecule has 152 valence electrons. The Balaban J connectivity index is 2.14. The maximum absolute atomic E-state index is 13.2. The van der Waals surface area contributed by atoms with Crippen LogP contribution in [0.1, 0.15) is 31.5 Å². The smallest absolute Gasteiger partial charge is 0.435 e. The van der Waals surface area contributed by atoms with Crippen molar-refractivity contribution in [3.8, 4) is 5.88 Å². The van der Waals surface area contributed by atoms with E-state index in [4.69, 9.17) is 4.74 Å². The molecule has 6 nitrogen and oxygen atoms in total. The van der Waals surface area contributed by atoms with Crippen molar-refractivity contribution in [1.82, 2.24) is 14.6 Å². The van der Waals surface area contributed by atoms with Crippen LogP contribution in [-0.2, 0) is 11.0 Å². The van der Waals surface area contributed by atoms with E-state index in [2.05, 4.69) is 32.8 Å². The first-order valence-electron chi connectivity index (χ1n) is 8.74. The Morgan fingerprint density at radius 1 is 1.39 bits per heavy atom. The molecule has 1 aliphatic rings. The molecule has 2 aromatic heterocycles. The lowest BCUT2D eigenvalue weighted by Crippen LogP contribution is -2.38. The molecule has 0 saturated carbocycles. The third-order valence-corrected chi connectivity index (χ3v) is 6.08. The van der Waals surface area contributed by atoms with Gasteiger partial charge in [-0.15, -0.1) is 0 Å². The third kappa shape index (κ3) is 3.96. The average Bonchev–Trinajstić information content (AvgIpc) is 3.09. The zero-order valence-electron chi connectivity index (χ0n) is 15.6. The molecule has 3 rings (SSSR count). The molecule has 2 aromatic rings. The molecule has 2 atom stereocenters. The normalized spacial score (nSPS) is 19.1. The molecule has 0 aromatic carbocycles. The van der Waals surface area contributed by atoms with Crippen LogP contribution in [0.15, 0.2) is 23.3 Å². The summed E-state index contributed by atoms with van der Waals surface area (Å²) in [5, 5.41) is 9.61. The number of pyridine rings is 1. The van der Waals surface area contributed by atoms with Gasteiger partial charge in [0.2, 0.25) is 11.8 Å². The summed E-state index contributed by atoms with van der Waals surface area (Å²) in [5.74, 6) is 0.137. The molecule has 2 unspecified atom stereocenters. The van der Waals surface area contributed by atoms with Gasteiger partial charge in [0.15, 0.2) is 5.69 Å². The first-order chi connectivity index (χ1) is 13.2. The number of carbonyl (C=O) groups is 1. The Bertz CT molecular complexity index is 925. The molecule has 3 heterocycles. The first-order valence-corrected chi connectivity index (χ1v) is 10.3. The van der Waals surface area contributed by atoms with Gasteiger partial charge in [-0.05, 0) is 18.1 Å². The second-order valence-corrected chi connectivity index (χ2v) is 7.82. The predicted octanol–water partition coefficient (Wildman–Crippen LogP) is 4.01. The number of aromatic nitrogens is 2. The highest BCUT2D eigenvalue weighted by Crippen LogP contribution is 2.33. The topological polar surface area (TPSA) is 59.2 Å². The van der Waals surface area contributed by atoms with Crippen molar-refractivity contribution in [2.45, 2.75) is 26.4 Å². The minimum atomic E-state index is -4.58. The van der Waals surface area contributed by atoms with Crippen LogP contribution >= 0.6 is 22.6 Å². The second kappa shape index (κ2) is 7.88. The van der Waals surface area contributed by atoms with E-state index in [1.165, 1.54) is 12.1 Å². The molecule has 0 aliphatic carbocycles. The number of hydrazone groups is 1. The summed E-state index contributed by atoms with van der Waals surface area (Å²) in [4.78, 5) is 12.4. The van der Waals surface area contributed by atoms with Crippen molar-refractivity contribution in [2.75, 3.05) is 18.1 Å². The SMILES string of the molecule is COc1ccc(C2=NN(CC(C)CI)C(=O)CC2C)c2cc(C(F)(F)F)nn12. The summed E-state index contributed by atoms with van der Waals surface area (Å²) in [6, 6.07) is 4.21. The van der Waals surface area contributed by atoms with Gasteiger partial charge in [-0.1, -0.05) is 36.4 Å². The van der Waals surface area contributed by atoms with E-state index in [0.717, 1.165) is 15.0 Å². The Morgan fingerprint density at radius 3 is 2.71 bits per heavy atom. The Morgan fingerprint density at radius 2 is 2.11 bits per heavy atom. The summed E-state index contributed by atoms with van der Waals surface area (Å²) < 4.78 is 46.8. The van der Waals surface area contributed by atoms with Crippen molar-refractivity contribution < 1.29 is 22.7 Å². The molecule has 0 radical (unpaired) electrons. The standard InChI is InChI=1S/C18H20F3IN4O2/c1-10(8-22)9-25-15(27)6-11(2)17(24-25)12-4-5-16(28-3)26-13(12)7-14(23-26)18(19,20)21/h4-5,7,10-11H,6,8-9H2,1-3H3. The molecule has 10 heteroatoms. The van der Waals surface area contributed by atoms with Crippen molar-refractivity contribution >= 4 is 39.7 Å². The number of amides is 1. The van der Waals surface area contributed by atoms with Crippen molar-refractivity contribution in [3.63, 3.8) is 0 Å². The number of rotatable bonds is 5. The first kappa shape index (κ1) is 20.9. The fourth-order valence-electron chi connectivity index (χ4n) is 3.12. The number of halogens is 4. The number of carbonyl (C=O) groups excluding carboxylic acids is 1. The highest BCUT2D eigenvalue weighted by atomic mass is 127. The van der Waals surface area contributed by atoms with Gasteiger partial charge >= 0.3 is 6.18 Å². The van der Waals surface area contributed by atoms with Crippen molar-refractivity contribution in [1.29, 1.82) is 0 Å². The van der Waals surface area contributed by atoms with E-state index >= 15 is 0 Å². The fourth-order valence-corrected chi connectivity index (χ4v) is 3.39. The van der Waals surface area contributed by atoms with Crippen LogP contribution in [-0.4, -0.2) is 44.3 Å². The second-order valence-electron chi connectivity index (χ2n) is 6.94. The van der Waals surface area contributed by atoms with Gasteiger partial charge < -0.3 is 4.74 Å². The predicted molar refractivity (Wildman–Crippen MR) is 107 cm³/mol. The zero-order chi connectivity index (χ0) is 20.6. The van der Waals surface area contributed by atoms with Crippen LogP contribution < -0.4 is 4.74 Å². The fraction of sp³-hybridized carbons (Fsp3) is 0.500. The van der Waals surface area contributed by atoms with E-state index in [-0.39, 0.29) is 35.6 Å². The maximum Gasteiger partial charge on any atom is 0.435 e. The molecular formula is C18H20F3IN4O2. The van der Waals surface area contributed by atoms with Gasteiger partial charge in [0.25, 0.3) is 0 Å². The molecular weight excluding hydrogens is 488 g/mol. The molecule has 0 saturated heterocycles. The summed E-state index contributed by atoms with van der Waals surface area (Å²) in [6.45, 7) is 4.33. The average molecular weight is 508 g/mol. The van der Waals surface area contributed by atoms with Gasteiger partial charge in [-0.3, -0.25) is 4.79 Å². The van der Waals surface area contributed by atoms with Gasteiger partial charge in [0, 0.05) is 34.9 Å². The number of alkyl halides is 4. The van der Waals surface area contributed by atoms with Crippen LogP contribution in [0.5, 0.6) is 5.88 Å². The Labute approximate surface area is 173 Å². The Kier molecular flexibility index (Phi) is 5.87. The molecule has 28 heavy (non-hydrogen) atoms. The van der Waals surface area contributed by atoms with E-state index in [9.17, 15) is 18.0 Å². The van der Waals surface area contributed by atoms with Gasteiger partial charge in [0.1, 0.15) is 0 Å². The summed E-state index contributed by atoms with van der Waals surface area (Å²) in [5.41, 5.74) is 0.319. The number of hydrogen-bond donors (Lipinski definition) is 0. The monoisotopic (exact) mass is 508 g/mol. The van der Waals surface area contributed by atoms with Crippen LogP contribution in [0.2, 0.25) is 0 Å². The maximum atomic E-state index is 13.2. The van der Waals surface area contributed by atoms with Crippen molar-refractivity contribution in [2.24, 2.45) is 16.9 Å². The van der Waals surface area contributed by atoms with Crippen molar-refractivity contribution in [3.05, 3.63) is 29.5 Å². The number of ether oxygens (including phenoxy) is 1. The Hall–Kier alpha value is -1.85. The molecule has 1 aliphatic heterocycles. The van der Waals surface area contributed by atoms with Crippen LogP contribution in [0.3, 0.4) is 0 Å². The lowest BCUT2D eigenvalue weighted by atomic mass is 9.93. The molecule has 0 fully saturated rings. The highest BCUT2D eigenvalue weighted by Gasteiger charge is 2.36. The van der Waals surface area contributed by atoms with E-state index in [1.54, 1.807) is 12.1 Å². The van der Waals surface area contributed by atoms with Crippen LogP contribution in [0.25, 0.3) is 5.52 Å². The van der Waals surface area contributed by atoms with E-state index in [0.29, 0.717) is 17.8 Å².